The molecule has 0 radical (unpaired) electrons. The number of hydrogen-bond acceptors (Lipinski definition) is 18. The lowest BCUT2D eigenvalue weighted by atomic mass is 9.96. The maximum Gasteiger partial charge on any atom is 0.220 e. The molecule has 0 bridgehead atoms. The molecule has 3 saturated heterocycles. The van der Waals surface area contributed by atoms with Gasteiger partial charge in [0.05, 0.1) is 38.6 Å². The molecule has 568 valence electrons. The zero-order valence-electron chi connectivity index (χ0n) is 60.5. The van der Waals surface area contributed by atoms with Crippen molar-refractivity contribution in [3.8, 4) is 0 Å². The van der Waals surface area contributed by atoms with E-state index in [1.807, 2.05) is 6.08 Å². The second-order valence-corrected chi connectivity index (χ2v) is 27.4. The molecule has 0 aliphatic carbocycles. The summed E-state index contributed by atoms with van der Waals surface area (Å²) in [6.07, 6.45) is 51.3. The average molecular weight is 1390 g/mol. The first kappa shape index (κ1) is 89.2. The first-order valence-corrected chi connectivity index (χ1v) is 38.8. The maximum atomic E-state index is 13.5. The number of amides is 1. The summed E-state index contributed by atoms with van der Waals surface area (Å²) in [7, 11) is 0. The number of hydrogen-bond donors (Lipinski definition) is 12. The van der Waals surface area contributed by atoms with E-state index in [-0.39, 0.29) is 18.9 Å². The van der Waals surface area contributed by atoms with Gasteiger partial charge >= 0.3 is 0 Å². The van der Waals surface area contributed by atoms with Crippen LogP contribution >= 0.6 is 0 Å². The lowest BCUT2D eigenvalue weighted by molar-refractivity contribution is -0.379. The Balaban J connectivity index is 1.37. The van der Waals surface area contributed by atoms with Crippen LogP contribution in [0.1, 0.15) is 277 Å². The predicted octanol–water partition coefficient (Wildman–Crippen LogP) is 12.2. The second kappa shape index (κ2) is 59.4. The topological polar surface area (TPSA) is 307 Å². The highest BCUT2D eigenvalue weighted by atomic mass is 16.8. The normalized spacial score (nSPS) is 27.2. The lowest BCUT2D eigenvalue weighted by Gasteiger charge is -2.48. The third-order valence-corrected chi connectivity index (χ3v) is 18.9. The standard InChI is InChI=1S/C79H139NO18/c1-3-5-7-9-11-13-15-17-19-21-23-25-26-27-28-29-30-31-32-33-34-35-36-37-39-41-43-45-47-49-51-53-55-57-67(85)80-62(63(84)56-54-52-50-48-46-44-42-40-38-24-22-20-18-16-14-12-10-8-6-4-2)61-93-77-73(91)70(88)75(65(59-82)95-77)98-79-74(92)71(89)76(66(60-83)96-79)97-78-72(90)69(87)68(86)64(58-81)94-78/h5,7,11,13,17,19,23,25,27-28,30-31,54,56,62-66,68-79,81-84,86-92H,3-4,6,8-10,12,14-16,18,20-22,24,26,29,32-53,55,57-61H2,1-2H3,(H,80,85)/b7-5-,13-11-,19-17-,25-23-,28-27-,31-30-,56-54+. The van der Waals surface area contributed by atoms with Crippen LogP contribution in [0, 0.1) is 0 Å². The van der Waals surface area contributed by atoms with Gasteiger partial charge in [0, 0.05) is 6.42 Å². The summed E-state index contributed by atoms with van der Waals surface area (Å²) in [5, 5.41) is 121. The highest BCUT2D eigenvalue weighted by Gasteiger charge is 2.53. The summed E-state index contributed by atoms with van der Waals surface area (Å²) in [5.74, 6) is -0.276. The van der Waals surface area contributed by atoms with E-state index in [4.69, 9.17) is 28.4 Å². The minimum absolute atomic E-state index is 0.239. The van der Waals surface area contributed by atoms with Gasteiger partial charge in [-0.3, -0.25) is 4.79 Å². The second-order valence-electron chi connectivity index (χ2n) is 27.4. The number of aliphatic hydroxyl groups excluding tert-OH is 11. The summed E-state index contributed by atoms with van der Waals surface area (Å²) in [6, 6.07) is -0.978. The van der Waals surface area contributed by atoms with Crippen molar-refractivity contribution in [2.45, 2.75) is 381 Å². The molecule has 0 spiro atoms. The molecule has 17 unspecified atom stereocenters. The van der Waals surface area contributed by atoms with Crippen LogP contribution in [0.3, 0.4) is 0 Å². The van der Waals surface area contributed by atoms with Crippen LogP contribution in [-0.4, -0.2) is 193 Å². The fourth-order valence-electron chi connectivity index (χ4n) is 12.7. The van der Waals surface area contributed by atoms with Crippen molar-refractivity contribution >= 4 is 5.91 Å². The van der Waals surface area contributed by atoms with Gasteiger partial charge in [0.25, 0.3) is 0 Å². The van der Waals surface area contributed by atoms with Crippen LogP contribution in [-0.2, 0) is 33.2 Å². The Hall–Kier alpha value is -3.03. The third-order valence-electron chi connectivity index (χ3n) is 18.9. The lowest BCUT2D eigenvalue weighted by Crippen LogP contribution is -2.66. The molecular weight excluding hydrogens is 1250 g/mol. The van der Waals surface area contributed by atoms with Gasteiger partial charge in [-0.1, -0.05) is 285 Å². The van der Waals surface area contributed by atoms with Gasteiger partial charge in [-0.15, -0.1) is 0 Å². The number of carbonyl (C=O) groups excluding carboxylic acids is 1. The molecule has 98 heavy (non-hydrogen) atoms. The molecule has 12 N–H and O–H groups in total. The number of nitrogens with one attached hydrogen (secondary N) is 1. The van der Waals surface area contributed by atoms with Gasteiger partial charge in [0.2, 0.25) is 5.91 Å². The van der Waals surface area contributed by atoms with Crippen LogP contribution in [0.5, 0.6) is 0 Å². The quantitative estimate of drug-likeness (QED) is 0.0199. The largest absolute Gasteiger partial charge is 0.394 e. The van der Waals surface area contributed by atoms with E-state index >= 15 is 0 Å². The summed E-state index contributed by atoms with van der Waals surface area (Å²) >= 11 is 0. The molecule has 3 fully saturated rings. The summed E-state index contributed by atoms with van der Waals surface area (Å²) < 4.78 is 34.4. The van der Waals surface area contributed by atoms with Gasteiger partial charge in [-0.25, -0.2) is 0 Å². The minimum atomic E-state index is -1.98. The molecule has 1 amide bonds. The highest BCUT2D eigenvalue weighted by molar-refractivity contribution is 5.76. The van der Waals surface area contributed by atoms with Crippen molar-refractivity contribution < 1.29 is 89.4 Å². The number of carbonyl (C=O) groups is 1. The highest BCUT2D eigenvalue weighted by Crippen LogP contribution is 2.33. The van der Waals surface area contributed by atoms with Crippen molar-refractivity contribution in [3.63, 3.8) is 0 Å². The van der Waals surface area contributed by atoms with Crippen LogP contribution in [0.2, 0.25) is 0 Å². The first-order chi connectivity index (χ1) is 47.8. The maximum absolute atomic E-state index is 13.5. The van der Waals surface area contributed by atoms with E-state index in [0.717, 1.165) is 89.9 Å². The van der Waals surface area contributed by atoms with Crippen molar-refractivity contribution in [3.05, 3.63) is 85.1 Å². The van der Waals surface area contributed by atoms with Crippen molar-refractivity contribution in [1.82, 2.24) is 5.32 Å². The molecule has 0 aromatic carbocycles. The fraction of sp³-hybridized carbons (Fsp3) is 0.810. The first-order valence-electron chi connectivity index (χ1n) is 38.8. The van der Waals surface area contributed by atoms with E-state index in [9.17, 15) is 61.0 Å². The monoisotopic (exact) mass is 1390 g/mol. The van der Waals surface area contributed by atoms with Crippen LogP contribution in [0.15, 0.2) is 85.1 Å². The van der Waals surface area contributed by atoms with Gasteiger partial charge in [-0.05, 0) is 70.6 Å². The van der Waals surface area contributed by atoms with Gasteiger partial charge < -0.3 is 89.9 Å². The predicted molar refractivity (Wildman–Crippen MR) is 388 cm³/mol. The van der Waals surface area contributed by atoms with E-state index in [2.05, 4.69) is 92.1 Å². The van der Waals surface area contributed by atoms with Gasteiger partial charge in [0.15, 0.2) is 18.9 Å². The van der Waals surface area contributed by atoms with E-state index in [1.165, 1.54) is 161 Å². The summed E-state index contributed by atoms with van der Waals surface area (Å²) in [4.78, 5) is 13.5. The molecule has 19 heteroatoms. The van der Waals surface area contributed by atoms with Crippen LogP contribution in [0.25, 0.3) is 0 Å². The van der Waals surface area contributed by atoms with E-state index < -0.39 is 124 Å². The number of unbranched alkanes of at least 4 members (excludes halogenated alkanes) is 32. The summed E-state index contributed by atoms with van der Waals surface area (Å²) in [6.45, 7) is 1.64. The molecule has 0 aromatic heterocycles. The van der Waals surface area contributed by atoms with Crippen molar-refractivity contribution in [1.29, 1.82) is 0 Å². The van der Waals surface area contributed by atoms with Gasteiger partial charge in [0.1, 0.15) is 73.2 Å². The molecule has 17 atom stereocenters. The average Bonchev–Trinajstić information content (AvgIpc) is 0.782. The number of rotatable bonds is 60. The zero-order valence-corrected chi connectivity index (χ0v) is 60.5. The number of ether oxygens (including phenoxy) is 6. The molecule has 3 rings (SSSR count). The van der Waals surface area contributed by atoms with Gasteiger partial charge in [-0.2, -0.15) is 0 Å². The van der Waals surface area contributed by atoms with Crippen molar-refractivity contribution in [2.75, 3.05) is 26.4 Å². The van der Waals surface area contributed by atoms with Crippen LogP contribution < -0.4 is 5.32 Å². The molecule has 19 nitrogen and oxygen atoms in total. The van der Waals surface area contributed by atoms with E-state index in [0.29, 0.717) is 6.42 Å². The molecule has 0 aromatic rings. The molecule has 3 heterocycles. The Labute approximate surface area is 590 Å². The molecule has 0 saturated carbocycles. The van der Waals surface area contributed by atoms with Crippen molar-refractivity contribution in [2.24, 2.45) is 0 Å². The number of aliphatic hydroxyl groups is 11. The third kappa shape index (κ3) is 39.6. The molecular formula is C79H139NO18. The summed E-state index contributed by atoms with van der Waals surface area (Å²) in [5.41, 5.74) is 0. The molecule has 3 aliphatic rings. The Morgan fingerprint density at radius 2 is 0.704 bits per heavy atom. The van der Waals surface area contributed by atoms with Crippen LogP contribution in [0.4, 0.5) is 0 Å². The smallest absolute Gasteiger partial charge is 0.220 e. The minimum Gasteiger partial charge on any atom is -0.394 e. The Morgan fingerprint density at radius 1 is 0.378 bits per heavy atom. The SMILES string of the molecule is CC/C=C\C/C=C\C/C=C\C/C=C\C/C=C\C/C=C\CCCCCCCCCCCCCCCCC(=O)NC(COC1OC(CO)C(OC2OC(CO)C(OC3OC(CO)C(O)C(O)C3O)C(O)C2O)C(O)C1O)C(O)/C=C/CCCCCCCCCCCCCCCCCCCC. The Kier molecular flexibility index (Phi) is 54.0. The zero-order chi connectivity index (χ0) is 71.1. The Bertz CT molecular complexity index is 2100. The fourth-order valence-corrected chi connectivity index (χ4v) is 12.7. The number of allylic oxidation sites excluding steroid dienone is 13. The molecule has 3 aliphatic heterocycles. The Morgan fingerprint density at radius 3 is 1.10 bits per heavy atom. The van der Waals surface area contributed by atoms with E-state index in [1.54, 1.807) is 6.08 Å².